The van der Waals surface area contributed by atoms with Crippen molar-refractivity contribution in [1.82, 2.24) is 10.0 Å². The van der Waals surface area contributed by atoms with Crippen molar-refractivity contribution in [1.29, 1.82) is 0 Å². The van der Waals surface area contributed by atoms with Gasteiger partial charge < -0.3 is 11.1 Å². The molecule has 1 unspecified atom stereocenters. The van der Waals surface area contributed by atoms with E-state index in [1.54, 1.807) is 12.1 Å². The van der Waals surface area contributed by atoms with Gasteiger partial charge in [-0.2, -0.15) is 0 Å². The number of carbonyl (C=O) groups excluding carboxylic acids is 1. The molecule has 0 aliphatic heterocycles. The second-order valence-electron chi connectivity index (χ2n) is 5.99. The largest absolute Gasteiger partial charge is 0.351 e. The second-order valence-corrected chi connectivity index (χ2v) is 9.10. The number of hydrogen-bond acceptors (Lipinski definition) is 5. The number of hydrogen-bond donors (Lipinski definition) is 3. The molecule has 23 heavy (non-hydrogen) atoms. The highest BCUT2D eigenvalue weighted by molar-refractivity contribution is 7.91. The van der Waals surface area contributed by atoms with Gasteiger partial charge >= 0.3 is 0 Å². The molecule has 1 fully saturated rings. The topological polar surface area (TPSA) is 101 Å². The number of sulfonamides is 1. The van der Waals surface area contributed by atoms with Gasteiger partial charge in [-0.1, -0.05) is 19.3 Å². The molecule has 0 saturated heterocycles. The number of amides is 1. The lowest BCUT2D eigenvalue weighted by Crippen LogP contribution is -2.45. The number of nitrogens with two attached hydrogens (primary N) is 1. The van der Waals surface area contributed by atoms with E-state index < -0.39 is 10.0 Å². The molecule has 2 rings (SSSR count). The Morgan fingerprint density at radius 1 is 1.35 bits per heavy atom. The SMILES string of the molecule is CC(=O)NCc1ccc(S(=O)(=O)NC(CN)C2CCCCC2)s1. The summed E-state index contributed by atoms with van der Waals surface area (Å²) in [6.07, 6.45) is 5.56. The van der Waals surface area contributed by atoms with Gasteiger partial charge in [0.15, 0.2) is 0 Å². The van der Waals surface area contributed by atoms with Crippen LogP contribution in [0.2, 0.25) is 0 Å². The van der Waals surface area contributed by atoms with Crippen LogP contribution in [-0.2, 0) is 21.4 Å². The Morgan fingerprint density at radius 2 is 2.04 bits per heavy atom. The summed E-state index contributed by atoms with van der Waals surface area (Å²) < 4.78 is 28.2. The maximum atomic E-state index is 12.6. The van der Waals surface area contributed by atoms with Crippen molar-refractivity contribution in [3.8, 4) is 0 Å². The molecule has 1 aromatic rings. The van der Waals surface area contributed by atoms with Crippen LogP contribution in [0.1, 0.15) is 43.9 Å². The van der Waals surface area contributed by atoms with Crippen LogP contribution in [0.3, 0.4) is 0 Å². The van der Waals surface area contributed by atoms with E-state index in [2.05, 4.69) is 10.0 Å². The van der Waals surface area contributed by atoms with Crippen molar-refractivity contribution in [2.24, 2.45) is 11.7 Å². The van der Waals surface area contributed by atoms with Gasteiger partial charge in [-0.25, -0.2) is 13.1 Å². The summed E-state index contributed by atoms with van der Waals surface area (Å²) in [7, 11) is -3.56. The van der Waals surface area contributed by atoms with E-state index in [9.17, 15) is 13.2 Å². The first-order valence-corrected chi connectivity index (χ1v) is 10.3. The second kappa shape index (κ2) is 8.23. The predicted molar refractivity (Wildman–Crippen MR) is 91.6 cm³/mol. The Kier molecular flexibility index (Phi) is 6.58. The fourth-order valence-corrected chi connectivity index (χ4v) is 5.57. The minimum atomic E-state index is -3.56. The molecule has 1 saturated carbocycles. The molecule has 0 radical (unpaired) electrons. The van der Waals surface area contributed by atoms with Crippen LogP contribution in [0.15, 0.2) is 16.3 Å². The first-order chi connectivity index (χ1) is 10.9. The Hall–Kier alpha value is -0.960. The van der Waals surface area contributed by atoms with Gasteiger partial charge in [-0.3, -0.25) is 4.79 Å². The van der Waals surface area contributed by atoms with Crippen LogP contribution >= 0.6 is 11.3 Å². The third-order valence-electron chi connectivity index (χ3n) is 4.19. The molecule has 6 nitrogen and oxygen atoms in total. The van der Waals surface area contributed by atoms with Gasteiger partial charge in [0.25, 0.3) is 0 Å². The van der Waals surface area contributed by atoms with Gasteiger partial charge in [-0.15, -0.1) is 11.3 Å². The maximum Gasteiger partial charge on any atom is 0.250 e. The summed E-state index contributed by atoms with van der Waals surface area (Å²) in [5, 5.41) is 2.67. The minimum absolute atomic E-state index is 0.138. The summed E-state index contributed by atoms with van der Waals surface area (Å²) in [5.41, 5.74) is 5.80. The van der Waals surface area contributed by atoms with Crippen molar-refractivity contribution >= 4 is 27.3 Å². The number of carbonyl (C=O) groups is 1. The summed E-state index contributed by atoms with van der Waals surface area (Å²) in [4.78, 5) is 11.7. The van der Waals surface area contributed by atoms with Crippen molar-refractivity contribution in [2.75, 3.05) is 6.54 Å². The van der Waals surface area contributed by atoms with Gasteiger partial charge in [-0.05, 0) is 30.9 Å². The Morgan fingerprint density at radius 3 is 2.65 bits per heavy atom. The van der Waals surface area contributed by atoms with Crippen LogP contribution in [0.25, 0.3) is 0 Å². The minimum Gasteiger partial charge on any atom is -0.351 e. The molecule has 4 N–H and O–H groups in total. The molecule has 0 bridgehead atoms. The first-order valence-electron chi connectivity index (χ1n) is 7.98. The standard InChI is InChI=1S/C15H25N3O3S2/c1-11(19)17-10-13-7-8-15(22-13)23(20,21)18-14(9-16)12-5-3-2-4-6-12/h7-8,12,14,18H,2-6,9-10,16H2,1H3,(H,17,19). The number of nitrogens with one attached hydrogen (secondary N) is 2. The summed E-state index contributed by atoms with van der Waals surface area (Å²) in [6, 6.07) is 3.10. The van der Waals surface area contributed by atoms with Crippen molar-refractivity contribution in [3.05, 3.63) is 17.0 Å². The van der Waals surface area contributed by atoms with Crippen LogP contribution in [0.5, 0.6) is 0 Å². The molecule has 0 aromatic carbocycles. The highest BCUT2D eigenvalue weighted by atomic mass is 32.2. The van der Waals surface area contributed by atoms with E-state index >= 15 is 0 Å². The molecule has 8 heteroatoms. The summed E-state index contributed by atoms with van der Waals surface area (Å²) in [6.45, 7) is 2.09. The smallest absolute Gasteiger partial charge is 0.250 e. The lowest BCUT2D eigenvalue weighted by Gasteiger charge is -2.29. The van der Waals surface area contributed by atoms with Gasteiger partial charge in [0.2, 0.25) is 15.9 Å². The molecule has 0 spiro atoms. The third kappa shape index (κ3) is 5.27. The molecule has 130 valence electrons. The average molecular weight is 360 g/mol. The molecular weight excluding hydrogens is 334 g/mol. The molecule has 1 aliphatic carbocycles. The zero-order valence-corrected chi connectivity index (χ0v) is 15.0. The van der Waals surface area contributed by atoms with E-state index in [4.69, 9.17) is 5.73 Å². The van der Waals surface area contributed by atoms with Crippen LogP contribution in [0.4, 0.5) is 0 Å². The molecule has 1 aromatic heterocycles. The van der Waals surface area contributed by atoms with Gasteiger partial charge in [0.1, 0.15) is 4.21 Å². The van der Waals surface area contributed by atoms with E-state index in [0.29, 0.717) is 19.0 Å². The van der Waals surface area contributed by atoms with Gasteiger partial charge in [0.05, 0.1) is 6.54 Å². The third-order valence-corrected chi connectivity index (χ3v) is 7.26. The van der Waals surface area contributed by atoms with Crippen molar-refractivity contribution in [2.45, 2.75) is 55.8 Å². The van der Waals surface area contributed by atoms with Gasteiger partial charge in [0, 0.05) is 24.4 Å². The quantitative estimate of drug-likeness (QED) is 0.688. The monoisotopic (exact) mass is 359 g/mol. The summed E-state index contributed by atoms with van der Waals surface area (Å²) in [5.74, 6) is 0.184. The zero-order chi connectivity index (χ0) is 16.9. The summed E-state index contributed by atoms with van der Waals surface area (Å²) >= 11 is 1.17. The first kappa shape index (κ1) is 18.4. The molecule has 1 heterocycles. The van der Waals surface area contributed by atoms with E-state index in [1.165, 1.54) is 24.7 Å². The van der Waals surface area contributed by atoms with E-state index in [1.807, 2.05) is 0 Å². The lowest BCUT2D eigenvalue weighted by molar-refractivity contribution is -0.119. The molecular formula is C15H25N3O3S2. The number of rotatable bonds is 7. The van der Waals surface area contributed by atoms with Crippen LogP contribution < -0.4 is 15.8 Å². The van der Waals surface area contributed by atoms with Crippen LogP contribution in [-0.4, -0.2) is 26.9 Å². The van der Waals surface area contributed by atoms with Crippen molar-refractivity contribution < 1.29 is 13.2 Å². The molecule has 1 amide bonds. The zero-order valence-electron chi connectivity index (χ0n) is 13.4. The van der Waals surface area contributed by atoms with E-state index in [-0.39, 0.29) is 16.2 Å². The van der Waals surface area contributed by atoms with E-state index in [0.717, 1.165) is 30.6 Å². The van der Waals surface area contributed by atoms with Crippen molar-refractivity contribution in [3.63, 3.8) is 0 Å². The highest BCUT2D eigenvalue weighted by Crippen LogP contribution is 2.28. The maximum absolute atomic E-state index is 12.6. The fourth-order valence-electron chi connectivity index (χ4n) is 2.94. The average Bonchev–Trinajstić information content (AvgIpc) is 3.01. The Labute approximate surface area is 141 Å². The lowest BCUT2D eigenvalue weighted by atomic mass is 9.84. The van der Waals surface area contributed by atoms with Crippen LogP contribution in [0, 0.1) is 5.92 Å². The number of thiophene rings is 1. The Balaban J connectivity index is 2.03. The fraction of sp³-hybridized carbons (Fsp3) is 0.667. The normalized spacial score (nSPS) is 17.8. The highest BCUT2D eigenvalue weighted by Gasteiger charge is 2.28. The predicted octanol–water partition coefficient (Wildman–Crippen LogP) is 1.57. The molecule has 1 aliphatic rings. The molecule has 1 atom stereocenters. The Bertz CT molecular complexity index is 622.